The summed E-state index contributed by atoms with van der Waals surface area (Å²) < 4.78 is 1.43. The van der Waals surface area contributed by atoms with Crippen LogP contribution in [-0.2, 0) is 11.3 Å². The predicted molar refractivity (Wildman–Crippen MR) is 98.6 cm³/mol. The molecule has 4 rings (SSSR count). The normalized spacial score (nSPS) is 10.9. The van der Waals surface area contributed by atoms with Gasteiger partial charge in [-0.05, 0) is 35.0 Å². The summed E-state index contributed by atoms with van der Waals surface area (Å²) in [6.07, 6.45) is 1.24. The number of carbonyl (C=O) groups is 1. The molecular formula is C20H15N3O2. The number of anilines is 1. The van der Waals surface area contributed by atoms with E-state index in [1.165, 1.54) is 10.8 Å². The van der Waals surface area contributed by atoms with Crippen molar-refractivity contribution in [2.24, 2.45) is 0 Å². The van der Waals surface area contributed by atoms with E-state index in [1.54, 1.807) is 6.07 Å². The van der Waals surface area contributed by atoms with Crippen molar-refractivity contribution >= 4 is 33.4 Å². The number of fused-ring (bicyclic) bond motifs is 2. The molecule has 0 fully saturated rings. The molecule has 4 aromatic rings. The Balaban J connectivity index is 1.62. The van der Waals surface area contributed by atoms with E-state index in [4.69, 9.17) is 0 Å². The first kappa shape index (κ1) is 15.1. The minimum absolute atomic E-state index is 0.0608. The summed E-state index contributed by atoms with van der Waals surface area (Å²) in [6, 6.07) is 20.9. The molecule has 25 heavy (non-hydrogen) atoms. The number of nitrogens with zero attached hydrogens (tertiary/aromatic N) is 2. The topological polar surface area (TPSA) is 64.0 Å². The lowest BCUT2D eigenvalue weighted by Crippen LogP contribution is -2.27. The smallest absolute Gasteiger partial charge is 0.269 e. The maximum atomic E-state index is 12.4. The largest absolute Gasteiger partial charge is 0.325 e. The fraction of sp³-hybridized carbons (Fsp3) is 0.0500. The van der Waals surface area contributed by atoms with Crippen LogP contribution in [-0.4, -0.2) is 15.5 Å². The van der Waals surface area contributed by atoms with Crippen LogP contribution in [0.15, 0.2) is 77.7 Å². The lowest BCUT2D eigenvalue weighted by atomic mass is 10.1. The van der Waals surface area contributed by atoms with Crippen LogP contribution in [0.25, 0.3) is 21.8 Å². The fourth-order valence-corrected chi connectivity index (χ4v) is 2.89. The summed E-state index contributed by atoms with van der Waals surface area (Å²) in [7, 11) is 0. The van der Waals surface area contributed by atoms with Gasteiger partial charge in [0.1, 0.15) is 6.54 Å². The Morgan fingerprint density at radius 3 is 2.60 bits per heavy atom. The van der Waals surface area contributed by atoms with E-state index in [1.807, 2.05) is 60.7 Å². The molecule has 1 N–H and O–H groups in total. The molecule has 0 aliphatic carbocycles. The zero-order chi connectivity index (χ0) is 17.2. The zero-order valence-electron chi connectivity index (χ0n) is 13.3. The minimum Gasteiger partial charge on any atom is -0.325 e. The van der Waals surface area contributed by atoms with Crippen LogP contribution < -0.4 is 10.9 Å². The van der Waals surface area contributed by atoms with Gasteiger partial charge < -0.3 is 5.32 Å². The summed E-state index contributed by atoms with van der Waals surface area (Å²) >= 11 is 0. The Bertz CT molecular complexity index is 1150. The third-order valence-electron chi connectivity index (χ3n) is 4.09. The fourth-order valence-electron chi connectivity index (χ4n) is 2.89. The van der Waals surface area contributed by atoms with E-state index in [9.17, 15) is 9.59 Å². The van der Waals surface area contributed by atoms with Crippen LogP contribution in [0.5, 0.6) is 0 Å². The maximum Gasteiger partial charge on any atom is 0.269 e. The van der Waals surface area contributed by atoms with E-state index in [0.717, 1.165) is 10.8 Å². The predicted octanol–water partition coefficient (Wildman–Crippen LogP) is 3.19. The van der Waals surface area contributed by atoms with E-state index in [-0.39, 0.29) is 18.0 Å². The van der Waals surface area contributed by atoms with Gasteiger partial charge in [0.2, 0.25) is 5.91 Å². The van der Waals surface area contributed by atoms with Gasteiger partial charge in [0, 0.05) is 5.69 Å². The third-order valence-corrected chi connectivity index (χ3v) is 4.09. The molecule has 0 saturated heterocycles. The molecule has 0 saturated carbocycles. The number of nitrogens with one attached hydrogen (secondary N) is 1. The van der Waals surface area contributed by atoms with Crippen LogP contribution in [0.4, 0.5) is 5.69 Å². The quantitative estimate of drug-likeness (QED) is 0.628. The van der Waals surface area contributed by atoms with E-state index >= 15 is 0 Å². The second kappa shape index (κ2) is 6.20. The van der Waals surface area contributed by atoms with Crippen molar-refractivity contribution in [2.45, 2.75) is 6.54 Å². The summed E-state index contributed by atoms with van der Waals surface area (Å²) in [5.74, 6) is -0.256. The number of benzene rings is 3. The van der Waals surface area contributed by atoms with Gasteiger partial charge in [-0.25, -0.2) is 4.98 Å². The lowest BCUT2D eigenvalue weighted by Gasteiger charge is -2.10. The van der Waals surface area contributed by atoms with Crippen molar-refractivity contribution in [1.29, 1.82) is 0 Å². The van der Waals surface area contributed by atoms with Crippen molar-refractivity contribution < 1.29 is 4.79 Å². The molecule has 5 nitrogen and oxygen atoms in total. The second-order valence-electron chi connectivity index (χ2n) is 5.78. The van der Waals surface area contributed by atoms with Gasteiger partial charge in [-0.1, -0.05) is 42.5 Å². The highest BCUT2D eigenvalue weighted by Crippen LogP contribution is 2.19. The Morgan fingerprint density at radius 2 is 1.72 bits per heavy atom. The monoisotopic (exact) mass is 329 g/mol. The van der Waals surface area contributed by atoms with Crippen molar-refractivity contribution in [3.8, 4) is 0 Å². The SMILES string of the molecule is O=C(Cn1c(=O)cnc2ccccc21)Nc1ccc2ccccc2c1. The van der Waals surface area contributed by atoms with Gasteiger partial charge >= 0.3 is 0 Å². The molecule has 3 aromatic carbocycles. The zero-order valence-corrected chi connectivity index (χ0v) is 13.3. The highest BCUT2D eigenvalue weighted by Gasteiger charge is 2.09. The molecule has 0 bridgehead atoms. The first-order chi connectivity index (χ1) is 12.2. The van der Waals surface area contributed by atoms with E-state index in [2.05, 4.69) is 10.3 Å². The van der Waals surface area contributed by atoms with Crippen molar-refractivity contribution in [1.82, 2.24) is 9.55 Å². The van der Waals surface area contributed by atoms with Crippen LogP contribution in [0.2, 0.25) is 0 Å². The van der Waals surface area contributed by atoms with Crippen LogP contribution in [0.3, 0.4) is 0 Å². The molecule has 0 unspecified atom stereocenters. The molecule has 1 amide bonds. The van der Waals surface area contributed by atoms with Crippen LogP contribution >= 0.6 is 0 Å². The van der Waals surface area contributed by atoms with Crippen LogP contribution in [0.1, 0.15) is 0 Å². The van der Waals surface area contributed by atoms with Gasteiger partial charge in [-0.3, -0.25) is 14.2 Å². The Morgan fingerprint density at radius 1 is 0.960 bits per heavy atom. The van der Waals surface area contributed by atoms with Crippen molar-refractivity contribution in [3.63, 3.8) is 0 Å². The average Bonchev–Trinajstić information content (AvgIpc) is 2.64. The van der Waals surface area contributed by atoms with Gasteiger partial charge in [-0.15, -0.1) is 0 Å². The van der Waals surface area contributed by atoms with Gasteiger partial charge in [-0.2, -0.15) is 0 Å². The minimum atomic E-state index is -0.299. The third kappa shape index (κ3) is 2.99. The number of hydrogen-bond donors (Lipinski definition) is 1. The second-order valence-corrected chi connectivity index (χ2v) is 5.78. The summed E-state index contributed by atoms with van der Waals surface area (Å²) in [6.45, 7) is -0.0608. The number of para-hydroxylation sites is 2. The molecule has 122 valence electrons. The molecule has 5 heteroatoms. The van der Waals surface area contributed by atoms with Gasteiger partial charge in [0.05, 0.1) is 17.2 Å². The molecule has 0 aliphatic heterocycles. The molecular weight excluding hydrogens is 314 g/mol. The first-order valence-corrected chi connectivity index (χ1v) is 7.94. The van der Waals surface area contributed by atoms with Gasteiger partial charge in [0.15, 0.2) is 0 Å². The molecule has 0 spiro atoms. The van der Waals surface area contributed by atoms with E-state index in [0.29, 0.717) is 16.7 Å². The Hall–Kier alpha value is -3.47. The molecule has 0 aliphatic rings. The summed E-state index contributed by atoms with van der Waals surface area (Å²) in [5, 5.41) is 5.01. The molecule has 0 atom stereocenters. The highest BCUT2D eigenvalue weighted by molar-refractivity contribution is 5.94. The maximum absolute atomic E-state index is 12.4. The van der Waals surface area contributed by atoms with Crippen molar-refractivity contribution in [2.75, 3.05) is 5.32 Å². The number of aromatic nitrogens is 2. The van der Waals surface area contributed by atoms with Gasteiger partial charge in [0.25, 0.3) is 5.56 Å². The number of carbonyl (C=O) groups excluding carboxylic acids is 1. The Labute approximate surface area is 143 Å². The number of hydrogen-bond acceptors (Lipinski definition) is 3. The lowest BCUT2D eigenvalue weighted by molar-refractivity contribution is -0.116. The highest BCUT2D eigenvalue weighted by atomic mass is 16.2. The van der Waals surface area contributed by atoms with Crippen LogP contribution in [0, 0.1) is 0 Å². The number of rotatable bonds is 3. The van der Waals surface area contributed by atoms with Crippen molar-refractivity contribution in [3.05, 3.63) is 83.3 Å². The Kier molecular flexibility index (Phi) is 3.74. The standard InChI is InChI=1S/C20H15N3O2/c24-19(22-16-10-9-14-5-1-2-6-15(14)11-16)13-23-18-8-4-3-7-17(18)21-12-20(23)25/h1-12H,13H2,(H,22,24). The first-order valence-electron chi connectivity index (χ1n) is 7.94. The molecule has 1 aromatic heterocycles. The number of amides is 1. The molecule has 0 radical (unpaired) electrons. The molecule has 1 heterocycles. The summed E-state index contributed by atoms with van der Waals surface area (Å²) in [5.41, 5.74) is 1.73. The van der Waals surface area contributed by atoms with E-state index < -0.39 is 0 Å². The average molecular weight is 329 g/mol. The summed E-state index contributed by atoms with van der Waals surface area (Å²) in [4.78, 5) is 28.6.